The third-order valence-corrected chi connectivity index (χ3v) is 3.90. The Bertz CT molecular complexity index is 429. The van der Waals surface area contributed by atoms with Crippen LogP contribution in [0.25, 0.3) is 0 Å². The van der Waals surface area contributed by atoms with Crippen molar-refractivity contribution in [2.75, 3.05) is 5.33 Å². The van der Waals surface area contributed by atoms with Gasteiger partial charge in [0.15, 0.2) is 0 Å². The minimum absolute atomic E-state index is 0.0855. The minimum atomic E-state index is 0.0855. The number of alkyl halides is 1. The third kappa shape index (κ3) is 6.37. The summed E-state index contributed by atoms with van der Waals surface area (Å²) < 4.78 is 1.79. The number of aryl methyl sites for hydroxylation is 2. The molecule has 0 unspecified atom stereocenters. The Labute approximate surface area is 124 Å². The molecule has 0 amide bonds. The molecule has 1 rings (SSSR count). The van der Waals surface area contributed by atoms with Crippen molar-refractivity contribution in [2.45, 2.75) is 65.3 Å². The highest BCUT2D eigenvalue weighted by molar-refractivity contribution is 9.09. The van der Waals surface area contributed by atoms with E-state index in [1.54, 1.807) is 10.6 Å². The molecule has 108 valence electrons. The predicted octanol–water partition coefficient (Wildman–Crippen LogP) is 3.99. The van der Waals surface area contributed by atoms with Gasteiger partial charge in [0.1, 0.15) is 5.82 Å². The molecule has 0 aromatic carbocycles. The van der Waals surface area contributed by atoms with Crippen LogP contribution in [0.2, 0.25) is 0 Å². The fourth-order valence-electron chi connectivity index (χ4n) is 2.28. The lowest BCUT2D eigenvalue weighted by Gasteiger charge is -2.09. The Morgan fingerprint density at radius 2 is 1.63 bits per heavy atom. The lowest BCUT2D eigenvalue weighted by atomic mass is 10.1. The van der Waals surface area contributed by atoms with Gasteiger partial charge >= 0.3 is 0 Å². The molecule has 0 aliphatic rings. The van der Waals surface area contributed by atoms with E-state index in [0.29, 0.717) is 0 Å². The van der Waals surface area contributed by atoms with Crippen LogP contribution < -0.4 is 5.56 Å². The van der Waals surface area contributed by atoms with Crippen molar-refractivity contribution in [2.24, 2.45) is 0 Å². The zero-order chi connectivity index (χ0) is 14.1. The Kier molecular flexibility index (Phi) is 8.03. The Morgan fingerprint density at radius 3 is 2.21 bits per heavy atom. The number of unbranched alkanes of at least 4 members (excludes halogenated alkanes) is 6. The van der Waals surface area contributed by atoms with Crippen molar-refractivity contribution in [3.05, 3.63) is 27.9 Å². The van der Waals surface area contributed by atoms with E-state index < -0.39 is 0 Å². The number of rotatable bonds is 9. The minimum Gasteiger partial charge on any atom is -0.297 e. The second-order valence-corrected chi connectivity index (χ2v) is 5.89. The lowest BCUT2D eigenvalue weighted by molar-refractivity contribution is 0.531. The zero-order valence-corrected chi connectivity index (χ0v) is 13.7. The molecule has 0 spiro atoms. The molecule has 4 heteroatoms. The van der Waals surface area contributed by atoms with Gasteiger partial charge in [-0.3, -0.25) is 9.36 Å². The van der Waals surface area contributed by atoms with Crippen molar-refractivity contribution in [1.82, 2.24) is 9.55 Å². The monoisotopic (exact) mass is 328 g/mol. The van der Waals surface area contributed by atoms with Crippen LogP contribution in [0.15, 0.2) is 10.9 Å². The first-order chi connectivity index (χ1) is 9.15. The largest absolute Gasteiger partial charge is 0.297 e. The second-order valence-electron chi connectivity index (χ2n) is 5.10. The molecule has 1 heterocycles. The standard InChI is InChI=1S/C15H25BrN2O/c1-13-12-15(19)18(14(2)17-13)11-9-7-5-3-4-6-8-10-16/h12H,3-11H2,1-2H3. The molecule has 0 bridgehead atoms. The molecule has 3 nitrogen and oxygen atoms in total. The summed E-state index contributed by atoms with van der Waals surface area (Å²) in [6, 6.07) is 1.62. The van der Waals surface area contributed by atoms with E-state index in [9.17, 15) is 4.79 Å². The molecule has 1 aromatic heterocycles. The topological polar surface area (TPSA) is 34.9 Å². The van der Waals surface area contributed by atoms with E-state index in [2.05, 4.69) is 20.9 Å². The molecule has 0 aliphatic heterocycles. The highest BCUT2D eigenvalue weighted by Gasteiger charge is 2.02. The van der Waals surface area contributed by atoms with Gasteiger partial charge in [-0.15, -0.1) is 0 Å². The van der Waals surface area contributed by atoms with Crippen LogP contribution in [0.1, 0.15) is 56.5 Å². The lowest BCUT2D eigenvalue weighted by Crippen LogP contribution is -2.23. The van der Waals surface area contributed by atoms with Gasteiger partial charge in [-0.2, -0.15) is 0 Å². The number of nitrogens with zero attached hydrogens (tertiary/aromatic N) is 2. The highest BCUT2D eigenvalue weighted by Crippen LogP contribution is 2.08. The van der Waals surface area contributed by atoms with Crippen LogP contribution in [0.5, 0.6) is 0 Å². The van der Waals surface area contributed by atoms with E-state index in [-0.39, 0.29) is 5.56 Å². The average molecular weight is 329 g/mol. The van der Waals surface area contributed by atoms with Gasteiger partial charge in [0.25, 0.3) is 5.56 Å². The number of aromatic nitrogens is 2. The summed E-state index contributed by atoms with van der Waals surface area (Å²) in [5.74, 6) is 0.835. The van der Waals surface area contributed by atoms with E-state index in [0.717, 1.165) is 29.8 Å². The van der Waals surface area contributed by atoms with Crippen molar-refractivity contribution < 1.29 is 0 Å². The second kappa shape index (κ2) is 9.29. The fraction of sp³-hybridized carbons (Fsp3) is 0.733. The summed E-state index contributed by atoms with van der Waals surface area (Å²) in [7, 11) is 0. The van der Waals surface area contributed by atoms with Gasteiger partial charge in [0, 0.05) is 23.6 Å². The Morgan fingerprint density at radius 1 is 1.05 bits per heavy atom. The molecular weight excluding hydrogens is 304 g/mol. The normalized spacial score (nSPS) is 10.9. The molecule has 0 fully saturated rings. The van der Waals surface area contributed by atoms with E-state index in [1.807, 2.05) is 13.8 Å². The van der Waals surface area contributed by atoms with Gasteiger partial charge in [-0.05, 0) is 26.7 Å². The van der Waals surface area contributed by atoms with Crippen LogP contribution in [0.4, 0.5) is 0 Å². The summed E-state index contributed by atoms with van der Waals surface area (Å²) in [6.07, 6.45) is 8.80. The summed E-state index contributed by atoms with van der Waals surface area (Å²) in [4.78, 5) is 16.2. The van der Waals surface area contributed by atoms with Crippen LogP contribution in [0, 0.1) is 13.8 Å². The number of hydrogen-bond donors (Lipinski definition) is 0. The molecule has 0 saturated heterocycles. The van der Waals surface area contributed by atoms with E-state index in [1.165, 1.54) is 38.5 Å². The van der Waals surface area contributed by atoms with Crippen molar-refractivity contribution in [3.8, 4) is 0 Å². The molecule has 0 saturated carbocycles. The van der Waals surface area contributed by atoms with Crippen molar-refractivity contribution >= 4 is 15.9 Å². The van der Waals surface area contributed by atoms with Crippen LogP contribution >= 0.6 is 15.9 Å². The Hall–Kier alpha value is -0.640. The average Bonchev–Trinajstić information content (AvgIpc) is 2.35. The highest BCUT2D eigenvalue weighted by atomic mass is 79.9. The van der Waals surface area contributed by atoms with Gasteiger partial charge in [-0.1, -0.05) is 48.0 Å². The maximum absolute atomic E-state index is 11.8. The van der Waals surface area contributed by atoms with Crippen molar-refractivity contribution in [3.63, 3.8) is 0 Å². The molecule has 0 radical (unpaired) electrons. The SMILES string of the molecule is Cc1cc(=O)n(CCCCCCCCCBr)c(C)n1. The van der Waals surface area contributed by atoms with Crippen LogP contribution in [0.3, 0.4) is 0 Å². The summed E-state index contributed by atoms with van der Waals surface area (Å²) in [6.45, 7) is 4.58. The van der Waals surface area contributed by atoms with E-state index in [4.69, 9.17) is 0 Å². The van der Waals surface area contributed by atoms with Gasteiger partial charge in [0.05, 0.1) is 0 Å². The molecule has 0 aliphatic carbocycles. The number of halogens is 1. The maximum Gasteiger partial charge on any atom is 0.253 e. The molecule has 1 aromatic rings. The third-order valence-electron chi connectivity index (χ3n) is 3.34. The first-order valence-electron chi connectivity index (χ1n) is 7.26. The van der Waals surface area contributed by atoms with Gasteiger partial charge in [0.2, 0.25) is 0 Å². The molecule has 0 atom stereocenters. The fourth-order valence-corrected chi connectivity index (χ4v) is 2.68. The summed E-state index contributed by atoms with van der Waals surface area (Å²) in [5, 5.41) is 1.12. The van der Waals surface area contributed by atoms with Crippen LogP contribution in [-0.2, 0) is 6.54 Å². The summed E-state index contributed by atoms with van der Waals surface area (Å²) >= 11 is 3.45. The quantitative estimate of drug-likeness (QED) is 0.507. The maximum atomic E-state index is 11.8. The first-order valence-corrected chi connectivity index (χ1v) is 8.38. The molecular formula is C15H25BrN2O. The zero-order valence-electron chi connectivity index (χ0n) is 12.1. The Balaban J connectivity index is 2.21. The smallest absolute Gasteiger partial charge is 0.253 e. The van der Waals surface area contributed by atoms with E-state index >= 15 is 0 Å². The first kappa shape index (κ1) is 16.4. The van der Waals surface area contributed by atoms with Gasteiger partial charge < -0.3 is 0 Å². The number of hydrogen-bond acceptors (Lipinski definition) is 2. The van der Waals surface area contributed by atoms with Crippen LogP contribution in [-0.4, -0.2) is 14.9 Å². The molecule has 0 N–H and O–H groups in total. The van der Waals surface area contributed by atoms with Crippen molar-refractivity contribution in [1.29, 1.82) is 0 Å². The molecule has 19 heavy (non-hydrogen) atoms. The van der Waals surface area contributed by atoms with Gasteiger partial charge in [-0.25, -0.2) is 4.98 Å². The predicted molar refractivity (Wildman–Crippen MR) is 84.1 cm³/mol. The summed E-state index contributed by atoms with van der Waals surface area (Å²) in [5.41, 5.74) is 0.896.